The Morgan fingerprint density at radius 1 is 1.18 bits per heavy atom. The predicted octanol–water partition coefficient (Wildman–Crippen LogP) is -0.573. The van der Waals surface area contributed by atoms with Crippen molar-refractivity contribution in [3.63, 3.8) is 0 Å². The van der Waals surface area contributed by atoms with Crippen LogP contribution in [0.25, 0.3) is 0 Å². The van der Waals surface area contributed by atoms with Crippen LogP contribution in [0.5, 0.6) is 0 Å². The van der Waals surface area contributed by atoms with Crippen LogP contribution < -0.4 is 4.72 Å². The lowest BCUT2D eigenvalue weighted by molar-refractivity contribution is 0.178. The number of hydrogen-bond acceptors (Lipinski definition) is 5. The van der Waals surface area contributed by atoms with Crippen molar-refractivity contribution in [2.24, 2.45) is 5.92 Å². The summed E-state index contributed by atoms with van der Waals surface area (Å²) in [7, 11) is 0.430. The van der Waals surface area contributed by atoms with Crippen molar-refractivity contribution in [2.75, 3.05) is 73.1 Å². The molecule has 2 heterocycles. The summed E-state index contributed by atoms with van der Waals surface area (Å²) in [6.07, 6.45) is 2.11. The maximum absolute atomic E-state index is 12.3. The summed E-state index contributed by atoms with van der Waals surface area (Å²) in [5, 5.41) is 0. The first-order valence-electron chi connectivity index (χ1n) is 8.16. The largest absolute Gasteiger partial charge is 0.385 e. The van der Waals surface area contributed by atoms with Crippen molar-refractivity contribution in [3.05, 3.63) is 0 Å². The van der Waals surface area contributed by atoms with E-state index in [-0.39, 0.29) is 0 Å². The average molecular weight is 334 g/mol. The zero-order chi connectivity index (χ0) is 16.0. The molecule has 0 bridgehead atoms. The highest BCUT2D eigenvalue weighted by molar-refractivity contribution is 7.87. The standard InChI is InChI=1S/C14H30N4O3S/c1-16-7-9-18(10-8-16)22(19,20)15-12-14-4-6-17(13-14)5-3-11-21-2/h14-15H,3-13H2,1-2H3. The minimum absolute atomic E-state index is 0.421. The van der Waals surface area contributed by atoms with Gasteiger partial charge in [-0.2, -0.15) is 12.7 Å². The van der Waals surface area contributed by atoms with Gasteiger partial charge in [-0.15, -0.1) is 0 Å². The van der Waals surface area contributed by atoms with E-state index in [1.54, 1.807) is 11.4 Å². The van der Waals surface area contributed by atoms with E-state index in [1.807, 2.05) is 7.05 Å². The lowest BCUT2D eigenvalue weighted by Crippen LogP contribution is -2.51. The molecule has 0 aromatic carbocycles. The number of nitrogens with one attached hydrogen (secondary N) is 1. The summed E-state index contributed by atoms with van der Waals surface area (Å²) in [5.74, 6) is 0.421. The molecule has 0 radical (unpaired) electrons. The van der Waals surface area contributed by atoms with Crippen LogP contribution in [0.1, 0.15) is 12.8 Å². The maximum atomic E-state index is 12.3. The van der Waals surface area contributed by atoms with E-state index in [4.69, 9.17) is 4.74 Å². The first-order chi connectivity index (χ1) is 10.5. The van der Waals surface area contributed by atoms with E-state index in [9.17, 15) is 8.42 Å². The molecule has 1 unspecified atom stereocenters. The normalized spacial score (nSPS) is 25.8. The fourth-order valence-corrected chi connectivity index (χ4v) is 4.33. The molecule has 2 aliphatic rings. The van der Waals surface area contributed by atoms with Crippen molar-refractivity contribution in [2.45, 2.75) is 12.8 Å². The van der Waals surface area contributed by atoms with Crippen molar-refractivity contribution >= 4 is 10.2 Å². The highest BCUT2D eigenvalue weighted by atomic mass is 32.2. The van der Waals surface area contributed by atoms with Gasteiger partial charge in [0, 0.05) is 59.5 Å². The Morgan fingerprint density at radius 2 is 1.91 bits per heavy atom. The molecule has 0 amide bonds. The maximum Gasteiger partial charge on any atom is 0.279 e. The first kappa shape index (κ1) is 18.1. The van der Waals surface area contributed by atoms with Crippen LogP contribution in [0.2, 0.25) is 0 Å². The average Bonchev–Trinajstić information content (AvgIpc) is 2.94. The van der Waals surface area contributed by atoms with Gasteiger partial charge in [-0.05, 0) is 32.4 Å². The molecule has 130 valence electrons. The summed E-state index contributed by atoms with van der Waals surface area (Å²) in [6.45, 7) is 7.19. The van der Waals surface area contributed by atoms with Crippen LogP contribution in [-0.4, -0.2) is 95.6 Å². The minimum Gasteiger partial charge on any atom is -0.385 e. The SMILES string of the molecule is COCCCN1CCC(CNS(=O)(=O)N2CCN(C)CC2)C1. The molecular formula is C14H30N4O3S. The molecule has 7 nitrogen and oxygen atoms in total. The van der Waals surface area contributed by atoms with Crippen LogP contribution in [-0.2, 0) is 14.9 Å². The zero-order valence-corrected chi connectivity index (χ0v) is 14.6. The molecule has 8 heteroatoms. The Balaban J connectivity index is 1.69. The Labute approximate surface area is 134 Å². The molecule has 0 aromatic rings. The molecule has 0 spiro atoms. The molecular weight excluding hydrogens is 304 g/mol. The molecule has 1 atom stereocenters. The van der Waals surface area contributed by atoms with Crippen LogP contribution >= 0.6 is 0 Å². The molecule has 2 aliphatic heterocycles. The fraction of sp³-hybridized carbons (Fsp3) is 1.00. The fourth-order valence-electron chi connectivity index (χ4n) is 3.06. The zero-order valence-electron chi connectivity index (χ0n) is 13.8. The van der Waals surface area contributed by atoms with Gasteiger partial charge in [0.25, 0.3) is 10.2 Å². The molecule has 2 fully saturated rings. The minimum atomic E-state index is -3.31. The smallest absolute Gasteiger partial charge is 0.279 e. The first-order valence-corrected chi connectivity index (χ1v) is 9.60. The Morgan fingerprint density at radius 3 is 2.59 bits per heavy atom. The number of ether oxygens (including phenoxy) is 1. The Bertz CT molecular complexity index is 424. The molecule has 2 saturated heterocycles. The van der Waals surface area contributed by atoms with Gasteiger partial charge in [0.15, 0.2) is 0 Å². The number of methoxy groups -OCH3 is 1. The van der Waals surface area contributed by atoms with E-state index in [0.717, 1.165) is 52.2 Å². The van der Waals surface area contributed by atoms with Gasteiger partial charge in [-0.3, -0.25) is 0 Å². The number of rotatable bonds is 8. The molecule has 0 saturated carbocycles. The van der Waals surface area contributed by atoms with E-state index in [1.165, 1.54) is 0 Å². The monoisotopic (exact) mass is 334 g/mol. The molecule has 22 heavy (non-hydrogen) atoms. The number of likely N-dealkylation sites (N-methyl/N-ethyl adjacent to an activating group) is 1. The van der Waals surface area contributed by atoms with Crippen LogP contribution in [0, 0.1) is 5.92 Å². The number of likely N-dealkylation sites (tertiary alicyclic amines) is 1. The topological polar surface area (TPSA) is 65.1 Å². The number of piperazine rings is 1. The van der Waals surface area contributed by atoms with Crippen molar-refractivity contribution < 1.29 is 13.2 Å². The second-order valence-electron chi connectivity index (χ2n) is 6.36. The Kier molecular flexibility index (Phi) is 7.04. The van der Waals surface area contributed by atoms with Crippen molar-refractivity contribution in [3.8, 4) is 0 Å². The van der Waals surface area contributed by atoms with Crippen LogP contribution in [0.15, 0.2) is 0 Å². The van der Waals surface area contributed by atoms with Crippen molar-refractivity contribution in [1.29, 1.82) is 0 Å². The summed E-state index contributed by atoms with van der Waals surface area (Å²) >= 11 is 0. The second-order valence-corrected chi connectivity index (χ2v) is 8.11. The van der Waals surface area contributed by atoms with Gasteiger partial charge in [0.1, 0.15) is 0 Å². The van der Waals surface area contributed by atoms with Gasteiger partial charge in [-0.1, -0.05) is 0 Å². The number of hydrogen-bond donors (Lipinski definition) is 1. The predicted molar refractivity (Wildman–Crippen MR) is 87.0 cm³/mol. The van der Waals surface area contributed by atoms with Gasteiger partial charge in [-0.25, -0.2) is 4.72 Å². The van der Waals surface area contributed by atoms with E-state index in [0.29, 0.717) is 25.6 Å². The molecule has 2 rings (SSSR count). The molecule has 1 N–H and O–H groups in total. The lowest BCUT2D eigenvalue weighted by Gasteiger charge is -2.31. The van der Waals surface area contributed by atoms with E-state index in [2.05, 4.69) is 14.5 Å². The third-order valence-electron chi connectivity index (χ3n) is 4.55. The summed E-state index contributed by atoms with van der Waals surface area (Å²) < 4.78 is 34.1. The molecule has 0 aliphatic carbocycles. The van der Waals surface area contributed by atoms with Gasteiger partial charge in [0.2, 0.25) is 0 Å². The summed E-state index contributed by atoms with van der Waals surface area (Å²) in [4.78, 5) is 4.55. The van der Waals surface area contributed by atoms with Gasteiger partial charge in [0.05, 0.1) is 0 Å². The third-order valence-corrected chi connectivity index (χ3v) is 6.13. The Hall–Kier alpha value is -0.250. The lowest BCUT2D eigenvalue weighted by atomic mass is 10.1. The molecule has 0 aromatic heterocycles. The van der Waals surface area contributed by atoms with E-state index >= 15 is 0 Å². The van der Waals surface area contributed by atoms with Crippen LogP contribution in [0.4, 0.5) is 0 Å². The second kappa shape index (κ2) is 8.56. The van der Waals surface area contributed by atoms with Crippen molar-refractivity contribution in [1.82, 2.24) is 18.8 Å². The quantitative estimate of drug-likeness (QED) is 0.602. The van der Waals surface area contributed by atoms with Gasteiger partial charge < -0.3 is 14.5 Å². The van der Waals surface area contributed by atoms with E-state index < -0.39 is 10.2 Å². The number of nitrogens with zero attached hydrogens (tertiary/aromatic N) is 3. The summed E-state index contributed by atoms with van der Waals surface area (Å²) in [5.41, 5.74) is 0. The van der Waals surface area contributed by atoms with Crippen LogP contribution in [0.3, 0.4) is 0 Å². The highest BCUT2D eigenvalue weighted by Gasteiger charge is 2.28. The summed E-state index contributed by atoms with van der Waals surface area (Å²) in [6, 6.07) is 0. The van der Waals surface area contributed by atoms with Gasteiger partial charge >= 0.3 is 0 Å². The third kappa shape index (κ3) is 5.43. The highest BCUT2D eigenvalue weighted by Crippen LogP contribution is 2.16.